The summed E-state index contributed by atoms with van der Waals surface area (Å²) in [6, 6.07) is 0.0711. The Labute approximate surface area is 238 Å². The van der Waals surface area contributed by atoms with Crippen molar-refractivity contribution in [2.45, 2.75) is 137 Å². The van der Waals surface area contributed by atoms with E-state index in [0.29, 0.717) is 12.2 Å². The molecule has 4 aliphatic carbocycles. The van der Waals surface area contributed by atoms with E-state index < -0.39 is 17.3 Å². The zero-order valence-corrected chi connectivity index (χ0v) is 25.8. The fourth-order valence-electron chi connectivity index (χ4n) is 11.7. The number of hydrogen-bond donors (Lipinski definition) is 2. The van der Waals surface area contributed by atoms with Crippen molar-refractivity contribution in [1.29, 1.82) is 0 Å². The molecule has 5 aliphatic rings. The Bertz CT molecular complexity index is 1240. The van der Waals surface area contributed by atoms with Gasteiger partial charge in [0, 0.05) is 17.8 Å². The van der Waals surface area contributed by atoms with Crippen molar-refractivity contribution in [3.63, 3.8) is 0 Å². The smallest absolute Gasteiger partial charge is 0.441 e. The van der Waals surface area contributed by atoms with Crippen LogP contribution in [0.4, 0.5) is 0 Å². The lowest BCUT2D eigenvalue weighted by Crippen LogP contribution is -2.69. The van der Waals surface area contributed by atoms with Crippen LogP contribution in [0.1, 0.15) is 113 Å². The molecule has 40 heavy (non-hydrogen) atoms. The second-order valence-electron chi connectivity index (χ2n) is 16.3. The molecule has 0 amide bonds. The Hall–Kier alpha value is -1.67. The van der Waals surface area contributed by atoms with E-state index in [1.807, 2.05) is 0 Å². The van der Waals surface area contributed by atoms with Crippen molar-refractivity contribution in [3.05, 3.63) is 10.6 Å². The maximum absolute atomic E-state index is 14.4. The van der Waals surface area contributed by atoms with Crippen LogP contribution in [0.15, 0.2) is 9.32 Å². The fraction of sp³-hybridized carbons (Fsp3) is 0.906. The fourth-order valence-corrected chi connectivity index (χ4v) is 11.7. The Balaban J connectivity index is 1.34. The molecule has 6 rings (SSSR count). The van der Waals surface area contributed by atoms with Gasteiger partial charge in [-0.25, -0.2) is 9.78 Å². The molecule has 1 saturated heterocycles. The maximum atomic E-state index is 14.4. The summed E-state index contributed by atoms with van der Waals surface area (Å²) in [7, 11) is 0. The molecule has 1 aliphatic heterocycles. The summed E-state index contributed by atoms with van der Waals surface area (Å²) in [6.45, 7) is 18.0. The molecule has 224 valence electrons. The zero-order valence-electron chi connectivity index (χ0n) is 25.8. The third-order valence-corrected chi connectivity index (χ3v) is 13.4. The van der Waals surface area contributed by atoms with Crippen LogP contribution in [-0.4, -0.2) is 44.4 Å². The first-order valence-corrected chi connectivity index (χ1v) is 15.6. The molecule has 4 saturated carbocycles. The predicted molar refractivity (Wildman–Crippen MR) is 150 cm³/mol. The lowest BCUT2D eigenvalue weighted by Gasteiger charge is -2.69. The molecule has 0 aromatic carbocycles. The monoisotopic (exact) mass is 558 g/mol. The molecule has 0 radical (unpaired) electrons. The number of H-pyrrole nitrogens is 1. The number of aromatic nitrogens is 2. The van der Waals surface area contributed by atoms with Gasteiger partial charge in [0.05, 0.1) is 17.3 Å². The molecule has 0 spiro atoms. The third kappa shape index (κ3) is 3.79. The van der Waals surface area contributed by atoms with Crippen LogP contribution < -0.4 is 10.5 Å². The molecule has 8 heteroatoms. The minimum Gasteiger partial charge on any atom is -0.459 e. The molecule has 8 nitrogen and oxygen atoms in total. The van der Waals surface area contributed by atoms with Crippen LogP contribution in [0.25, 0.3) is 0 Å². The molecule has 0 unspecified atom stereocenters. The van der Waals surface area contributed by atoms with E-state index in [1.165, 1.54) is 0 Å². The first-order chi connectivity index (χ1) is 18.5. The van der Waals surface area contributed by atoms with Crippen LogP contribution in [0.5, 0.6) is 6.01 Å². The molecule has 2 N–H and O–H groups in total. The van der Waals surface area contributed by atoms with Crippen LogP contribution in [0.2, 0.25) is 0 Å². The molecular weight excluding hydrogens is 508 g/mol. The molecule has 0 bridgehead atoms. The summed E-state index contributed by atoms with van der Waals surface area (Å²) in [6.07, 6.45) is 7.46. The number of aliphatic hydroxyl groups is 1. The minimum atomic E-state index is -0.650. The highest BCUT2D eigenvalue weighted by Crippen LogP contribution is 2.75. The second kappa shape index (κ2) is 8.68. The van der Waals surface area contributed by atoms with Crippen molar-refractivity contribution < 1.29 is 23.9 Å². The van der Waals surface area contributed by atoms with Gasteiger partial charge < -0.3 is 14.6 Å². The minimum absolute atomic E-state index is 0.0711. The highest BCUT2D eigenvalue weighted by Gasteiger charge is 2.73. The van der Waals surface area contributed by atoms with E-state index >= 15 is 0 Å². The van der Waals surface area contributed by atoms with Gasteiger partial charge in [0.25, 0.3) is 0 Å². The summed E-state index contributed by atoms with van der Waals surface area (Å²) in [4.78, 5) is 28.4. The first-order valence-electron chi connectivity index (χ1n) is 15.6. The van der Waals surface area contributed by atoms with E-state index in [0.717, 1.165) is 51.4 Å². The van der Waals surface area contributed by atoms with Crippen LogP contribution in [-0.2, 0) is 9.53 Å². The van der Waals surface area contributed by atoms with Crippen molar-refractivity contribution >= 4 is 5.78 Å². The quantitative estimate of drug-likeness (QED) is 0.490. The van der Waals surface area contributed by atoms with Gasteiger partial charge in [-0.05, 0) is 111 Å². The highest BCUT2D eigenvalue weighted by molar-refractivity contribution is 5.85. The number of aromatic amines is 1. The van der Waals surface area contributed by atoms with Gasteiger partial charge in [0.1, 0.15) is 11.9 Å². The van der Waals surface area contributed by atoms with Crippen LogP contribution >= 0.6 is 0 Å². The molecule has 2 heterocycles. The van der Waals surface area contributed by atoms with E-state index in [9.17, 15) is 14.7 Å². The van der Waals surface area contributed by atoms with Crippen LogP contribution in [0, 0.1) is 45.3 Å². The van der Waals surface area contributed by atoms with Gasteiger partial charge in [-0.15, -0.1) is 0 Å². The zero-order chi connectivity index (χ0) is 29.1. The van der Waals surface area contributed by atoms with Crippen molar-refractivity contribution in [3.8, 4) is 6.01 Å². The van der Waals surface area contributed by atoms with E-state index in [-0.39, 0.29) is 63.2 Å². The second-order valence-corrected chi connectivity index (χ2v) is 16.3. The maximum Gasteiger partial charge on any atom is 0.441 e. The van der Waals surface area contributed by atoms with Gasteiger partial charge >= 0.3 is 11.8 Å². The number of carbonyl (C=O) groups is 1. The predicted octanol–water partition coefficient (Wildman–Crippen LogP) is 5.68. The summed E-state index contributed by atoms with van der Waals surface area (Å²) in [5.74, 6) is 0.0892. The van der Waals surface area contributed by atoms with Crippen molar-refractivity contribution in [2.24, 2.45) is 45.3 Å². The van der Waals surface area contributed by atoms with Crippen molar-refractivity contribution in [1.82, 2.24) is 10.1 Å². The number of aliphatic hydroxyl groups excluding tert-OH is 1. The average Bonchev–Trinajstić information content (AvgIpc) is 3.41. The number of nitrogens with zero attached hydrogens (tertiary/aromatic N) is 1. The van der Waals surface area contributed by atoms with Gasteiger partial charge in [-0.3, -0.25) is 9.32 Å². The summed E-state index contributed by atoms with van der Waals surface area (Å²) in [5, 5.41) is 15.8. The topological polar surface area (TPSA) is 115 Å². The number of nitrogens with one attached hydrogen (secondary N) is 1. The van der Waals surface area contributed by atoms with Gasteiger partial charge in [0.2, 0.25) is 0 Å². The molecule has 1 aromatic rings. The molecular formula is C32H50N2O6. The van der Waals surface area contributed by atoms with E-state index in [1.54, 1.807) is 0 Å². The number of ether oxygens (including phenoxy) is 2. The lowest BCUT2D eigenvalue weighted by molar-refractivity contribution is -0.248. The summed E-state index contributed by atoms with van der Waals surface area (Å²) in [5.41, 5.74) is -1.48. The lowest BCUT2D eigenvalue weighted by atomic mass is 9.34. The largest absolute Gasteiger partial charge is 0.459 e. The first kappa shape index (κ1) is 28.4. The molecule has 5 fully saturated rings. The van der Waals surface area contributed by atoms with Gasteiger partial charge in [-0.1, -0.05) is 34.6 Å². The number of ketones is 1. The van der Waals surface area contributed by atoms with Gasteiger partial charge in [0.15, 0.2) is 0 Å². The number of hydrogen-bond acceptors (Lipinski definition) is 7. The normalized spacial score (nSPS) is 49.6. The SMILES string of the molecule is CC1(C)CCC[C@](C)([C@H]2CC[C@]3(C)[C@@H]2[C@H](O)C[C@@H]2[C@@]4(C)CC[C@H](Oc5noc(=O)[nH]5)C(C)(C)[C@@H]4C(=O)C[C@]23C)O1. The van der Waals surface area contributed by atoms with Gasteiger partial charge in [-0.2, -0.15) is 0 Å². The Morgan fingerprint density at radius 3 is 2.33 bits per heavy atom. The van der Waals surface area contributed by atoms with Crippen molar-refractivity contribution in [2.75, 3.05) is 0 Å². The van der Waals surface area contributed by atoms with E-state index in [2.05, 4.69) is 70.1 Å². The Kier molecular flexibility index (Phi) is 6.18. The highest BCUT2D eigenvalue weighted by atomic mass is 16.6. The Morgan fingerprint density at radius 2 is 1.68 bits per heavy atom. The van der Waals surface area contributed by atoms with E-state index in [4.69, 9.17) is 9.47 Å². The summed E-state index contributed by atoms with van der Waals surface area (Å²) >= 11 is 0. The standard InChI is InChI=1S/C32H50N2O6/c1-27(2)12-9-13-32(8,40-27)18-10-15-30(6)23(18)19(35)16-21-29(5)14-11-22(38-25-33-26(37)39-34-25)28(3,4)24(29)20(36)17-31(21,30)7/h18-19,21-24,35H,9-17H2,1-8H3,(H,33,34,37)/t18-,19+,21+,22-,23-,24-,29+,30+,31+,32+/m0/s1. The molecule has 1 aromatic heterocycles. The number of rotatable bonds is 3. The Morgan fingerprint density at radius 1 is 0.950 bits per heavy atom. The summed E-state index contributed by atoms with van der Waals surface area (Å²) < 4.78 is 17.6. The third-order valence-electron chi connectivity index (χ3n) is 13.4. The van der Waals surface area contributed by atoms with Crippen LogP contribution in [0.3, 0.4) is 0 Å². The molecule has 10 atom stereocenters. The number of carbonyl (C=O) groups excluding carboxylic acids is 1. The number of fused-ring (bicyclic) bond motifs is 5. The number of Topliss-reactive ketones (excluding diaryl/α,β-unsaturated/α-hetero) is 1. The average molecular weight is 559 g/mol.